The van der Waals surface area contributed by atoms with Crippen LogP contribution < -0.4 is 0 Å². The van der Waals surface area contributed by atoms with E-state index in [4.69, 9.17) is 11.6 Å². The van der Waals surface area contributed by atoms with E-state index in [0.717, 1.165) is 0 Å². The smallest absolute Gasteiger partial charge is 0.266 e. The number of halogens is 1. The fraction of sp³-hybridized carbons (Fsp3) is 0.111. The number of aliphatic imine (C=N–C) groups is 1. The molecule has 13 heavy (non-hydrogen) atoms. The van der Waals surface area contributed by atoms with E-state index in [1.54, 1.807) is 25.1 Å². The van der Waals surface area contributed by atoms with E-state index < -0.39 is 5.91 Å². The minimum atomic E-state index is -0.407. The molecule has 0 aliphatic rings. The van der Waals surface area contributed by atoms with Crippen molar-refractivity contribution in [2.75, 3.05) is 0 Å². The molecular formula is C9H6ClNOS. The van der Waals surface area contributed by atoms with Gasteiger partial charge in [0.25, 0.3) is 5.91 Å². The van der Waals surface area contributed by atoms with Gasteiger partial charge in [-0.25, -0.2) is 0 Å². The largest absolute Gasteiger partial charge is 0.286 e. The summed E-state index contributed by atoms with van der Waals surface area (Å²) in [4.78, 5) is 14.6. The van der Waals surface area contributed by atoms with Crippen molar-refractivity contribution in [3.05, 3.63) is 34.3 Å². The molecule has 4 heteroatoms. The fourth-order valence-electron chi connectivity index (χ4n) is 0.941. The summed E-state index contributed by atoms with van der Waals surface area (Å²) in [5.74, 6) is -0.407. The second-order valence-electron chi connectivity index (χ2n) is 2.42. The summed E-state index contributed by atoms with van der Waals surface area (Å²) in [5.41, 5.74) is 1.17. The Balaban J connectivity index is 3.22. The van der Waals surface area contributed by atoms with E-state index in [9.17, 15) is 4.79 Å². The molecule has 0 heterocycles. The minimum Gasteiger partial charge on any atom is -0.266 e. The van der Waals surface area contributed by atoms with Gasteiger partial charge in [-0.2, -0.15) is 4.99 Å². The van der Waals surface area contributed by atoms with Crippen LogP contribution in [0, 0.1) is 6.92 Å². The molecule has 0 N–H and O–H groups in total. The molecule has 0 aromatic heterocycles. The minimum absolute atomic E-state index is 0.407. The molecule has 0 saturated heterocycles. The molecule has 0 aliphatic carbocycles. The van der Waals surface area contributed by atoms with Crippen molar-refractivity contribution in [2.45, 2.75) is 6.92 Å². The highest BCUT2D eigenvalue weighted by Crippen LogP contribution is 2.19. The molecule has 0 unspecified atom stereocenters. The van der Waals surface area contributed by atoms with Crippen molar-refractivity contribution in [1.29, 1.82) is 0 Å². The normalized spacial score (nSPS) is 9.08. The SMILES string of the molecule is Cc1c(Cl)cccc1C(=O)N=C=S. The lowest BCUT2D eigenvalue weighted by Crippen LogP contribution is -1.97. The van der Waals surface area contributed by atoms with Crippen molar-refractivity contribution in [3.8, 4) is 0 Å². The van der Waals surface area contributed by atoms with Gasteiger partial charge in [0.2, 0.25) is 0 Å². The van der Waals surface area contributed by atoms with Crippen LogP contribution in [-0.2, 0) is 0 Å². The van der Waals surface area contributed by atoms with Crippen molar-refractivity contribution in [2.24, 2.45) is 4.99 Å². The molecule has 0 saturated carbocycles. The van der Waals surface area contributed by atoms with Crippen molar-refractivity contribution in [1.82, 2.24) is 0 Å². The lowest BCUT2D eigenvalue weighted by atomic mass is 10.1. The van der Waals surface area contributed by atoms with Gasteiger partial charge in [0, 0.05) is 10.6 Å². The van der Waals surface area contributed by atoms with E-state index in [2.05, 4.69) is 17.2 Å². The van der Waals surface area contributed by atoms with E-state index in [-0.39, 0.29) is 0 Å². The number of nitrogens with zero attached hydrogens (tertiary/aromatic N) is 1. The molecule has 0 radical (unpaired) electrons. The van der Waals surface area contributed by atoms with Crippen molar-refractivity contribution < 1.29 is 4.79 Å². The standard InChI is InChI=1S/C9H6ClNOS/c1-6-7(9(12)11-5-13)3-2-4-8(6)10/h2-4H,1H3. The molecular weight excluding hydrogens is 206 g/mol. The molecule has 0 fully saturated rings. The Bertz CT molecular complexity index is 397. The number of amides is 1. The zero-order chi connectivity index (χ0) is 9.84. The van der Waals surface area contributed by atoms with Crippen molar-refractivity contribution >= 4 is 34.9 Å². The molecule has 1 aromatic rings. The van der Waals surface area contributed by atoms with E-state index >= 15 is 0 Å². The molecule has 66 valence electrons. The zero-order valence-electron chi connectivity index (χ0n) is 6.87. The third kappa shape index (κ3) is 2.22. The Kier molecular flexibility index (Phi) is 3.32. The summed E-state index contributed by atoms with van der Waals surface area (Å²) in [6.07, 6.45) is 0. The predicted molar refractivity (Wildman–Crippen MR) is 55.5 cm³/mol. The third-order valence-electron chi connectivity index (χ3n) is 1.65. The first kappa shape index (κ1) is 10.1. The maximum atomic E-state index is 11.3. The molecule has 1 aromatic carbocycles. The molecule has 0 atom stereocenters. The summed E-state index contributed by atoms with van der Waals surface area (Å²) in [5, 5.41) is 2.58. The predicted octanol–water partition coefficient (Wildman–Crippen LogP) is 2.89. The van der Waals surface area contributed by atoms with Crippen LogP contribution in [0.3, 0.4) is 0 Å². The van der Waals surface area contributed by atoms with Gasteiger partial charge in [-0.1, -0.05) is 17.7 Å². The molecule has 1 amide bonds. The first-order chi connectivity index (χ1) is 6.16. The number of hydrogen-bond acceptors (Lipinski definition) is 2. The average Bonchev–Trinajstić information content (AvgIpc) is 2.10. The first-order valence-corrected chi connectivity index (χ1v) is 4.32. The highest BCUT2D eigenvalue weighted by Gasteiger charge is 2.08. The number of thiocarbonyl (C=S) groups is 1. The third-order valence-corrected chi connectivity index (χ3v) is 2.15. The van der Waals surface area contributed by atoms with Crippen LogP contribution in [0.1, 0.15) is 15.9 Å². The maximum Gasteiger partial charge on any atom is 0.286 e. The Labute approximate surface area is 86.2 Å². The number of hydrogen-bond donors (Lipinski definition) is 0. The van der Waals surface area contributed by atoms with Gasteiger partial charge >= 0.3 is 0 Å². The number of benzene rings is 1. The molecule has 1 rings (SSSR count). The topological polar surface area (TPSA) is 29.4 Å². The Morgan fingerprint density at radius 2 is 2.31 bits per heavy atom. The number of rotatable bonds is 1. The summed E-state index contributed by atoms with van der Waals surface area (Å²) in [6.45, 7) is 1.76. The zero-order valence-corrected chi connectivity index (χ0v) is 8.45. The fourth-order valence-corrected chi connectivity index (χ4v) is 1.20. The van der Waals surface area contributed by atoms with Gasteiger partial charge in [0.1, 0.15) is 0 Å². The Morgan fingerprint density at radius 3 is 2.92 bits per heavy atom. The highest BCUT2D eigenvalue weighted by molar-refractivity contribution is 7.78. The lowest BCUT2D eigenvalue weighted by molar-refractivity contribution is 0.100. The van der Waals surface area contributed by atoms with Crippen molar-refractivity contribution in [3.63, 3.8) is 0 Å². The van der Waals surface area contributed by atoms with Crippen LogP contribution in [0.4, 0.5) is 0 Å². The maximum absolute atomic E-state index is 11.3. The van der Waals surface area contributed by atoms with Gasteiger partial charge in [-0.05, 0) is 36.8 Å². The van der Waals surface area contributed by atoms with Crippen LogP contribution in [0.15, 0.2) is 23.2 Å². The van der Waals surface area contributed by atoms with Crippen LogP contribution in [0.25, 0.3) is 0 Å². The molecule has 0 spiro atoms. The quantitative estimate of drug-likeness (QED) is 0.528. The van der Waals surface area contributed by atoms with Crippen LogP contribution in [0.5, 0.6) is 0 Å². The van der Waals surface area contributed by atoms with Gasteiger partial charge in [0.15, 0.2) is 0 Å². The van der Waals surface area contributed by atoms with Gasteiger partial charge in [-0.3, -0.25) is 4.79 Å². The van der Waals surface area contributed by atoms with Gasteiger partial charge < -0.3 is 0 Å². The molecule has 0 bridgehead atoms. The number of isothiocyanates is 1. The van der Waals surface area contributed by atoms with Crippen LogP contribution >= 0.6 is 23.8 Å². The van der Waals surface area contributed by atoms with Gasteiger partial charge in [-0.15, -0.1) is 0 Å². The van der Waals surface area contributed by atoms with E-state index in [1.165, 1.54) is 0 Å². The number of carbonyl (C=O) groups is 1. The summed E-state index contributed by atoms with van der Waals surface area (Å²) in [7, 11) is 0. The first-order valence-electron chi connectivity index (χ1n) is 3.54. The monoisotopic (exact) mass is 211 g/mol. The summed E-state index contributed by atoms with van der Waals surface area (Å²) in [6, 6.07) is 5.07. The van der Waals surface area contributed by atoms with E-state index in [0.29, 0.717) is 16.1 Å². The molecule has 2 nitrogen and oxygen atoms in total. The Morgan fingerprint density at radius 1 is 1.62 bits per heavy atom. The second-order valence-corrected chi connectivity index (χ2v) is 3.01. The molecule has 0 aliphatic heterocycles. The summed E-state index contributed by atoms with van der Waals surface area (Å²) < 4.78 is 0. The number of carbonyl (C=O) groups excluding carboxylic acids is 1. The second kappa shape index (κ2) is 4.28. The van der Waals surface area contributed by atoms with Crippen LogP contribution in [-0.4, -0.2) is 11.1 Å². The van der Waals surface area contributed by atoms with Crippen LogP contribution in [0.2, 0.25) is 5.02 Å². The summed E-state index contributed by atoms with van der Waals surface area (Å²) >= 11 is 10.2. The Hall–Kier alpha value is -1.02. The highest BCUT2D eigenvalue weighted by atomic mass is 35.5. The van der Waals surface area contributed by atoms with Gasteiger partial charge in [0.05, 0.1) is 5.16 Å². The van der Waals surface area contributed by atoms with E-state index in [1.807, 2.05) is 5.16 Å². The average molecular weight is 212 g/mol. The lowest BCUT2D eigenvalue weighted by Gasteiger charge is -2.01.